The molecule has 11 heteroatoms. The normalized spacial score (nSPS) is 29.8. The summed E-state index contributed by atoms with van der Waals surface area (Å²) in [6.45, 7) is 5.20. The van der Waals surface area contributed by atoms with E-state index >= 15 is 0 Å². The number of rotatable bonds is 11. The molecule has 2 fully saturated rings. The van der Waals surface area contributed by atoms with Crippen LogP contribution >= 0.6 is 0 Å². The number of nitrogens with one attached hydrogen (secondary N) is 1. The van der Waals surface area contributed by atoms with Crippen LogP contribution in [0, 0.1) is 22.0 Å². The van der Waals surface area contributed by atoms with Crippen LogP contribution in [0.2, 0.25) is 0 Å². The second-order valence-corrected chi connectivity index (χ2v) is 9.73. The first-order valence-corrected chi connectivity index (χ1v) is 12.0. The van der Waals surface area contributed by atoms with Crippen LogP contribution in [-0.2, 0) is 14.3 Å². The Labute approximate surface area is 209 Å². The van der Waals surface area contributed by atoms with E-state index in [1.54, 1.807) is 13.8 Å². The van der Waals surface area contributed by atoms with Crippen molar-refractivity contribution >= 4 is 17.4 Å². The Morgan fingerprint density at radius 2 is 1.97 bits per heavy atom. The fraction of sp³-hybridized carbons (Fsp3) is 0.600. The van der Waals surface area contributed by atoms with Crippen LogP contribution in [0.5, 0.6) is 0 Å². The lowest BCUT2D eigenvalue weighted by molar-refractivity contribution is -0.384. The average molecular weight is 507 g/mol. The van der Waals surface area contributed by atoms with Gasteiger partial charge in [-0.05, 0) is 26.7 Å². The second-order valence-electron chi connectivity index (χ2n) is 9.73. The molecule has 11 nitrogen and oxygen atoms in total. The van der Waals surface area contributed by atoms with E-state index in [0.717, 1.165) is 6.07 Å². The van der Waals surface area contributed by atoms with Crippen LogP contribution in [-0.4, -0.2) is 81.7 Å². The summed E-state index contributed by atoms with van der Waals surface area (Å²) in [6.07, 6.45) is -1.49. The Morgan fingerprint density at radius 3 is 2.64 bits per heavy atom. The maximum absolute atomic E-state index is 12.2. The molecule has 4 N–H and O–H groups in total. The molecule has 0 spiro atoms. The van der Waals surface area contributed by atoms with Gasteiger partial charge in [0.15, 0.2) is 5.78 Å². The predicted molar refractivity (Wildman–Crippen MR) is 128 cm³/mol. The monoisotopic (exact) mass is 506 g/mol. The molecule has 1 aromatic carbocycles. The maximum atomic E-state index is 12.2. The maximum Gasteiger partial charge on any atom is 0.270 e. The molecule has 1 aromatic rings. The van der Waals surface area contributed by atoms with E-state index in [4.69, 9.17) is 9.47 Å². The van der Waals surface area contributed by atoms with Gasteiger partial charge in [0.05, 0.1) is 48.6 Å². The smallest absolute Gasteiger partial charge is 0.270 e. The molecule has 36 heavy (non-hydrogen) atoms. The molecule has 0 radical (unpaired) electrons. The van der Waals surface area contributed by atoms with Gasteiger partial charge in [0, 0.05) is 35.6 Å². The highest BCUT2D eigenvalue weighted by Gasteiger charge is 2.48. The molecule has 1 amide bonds. The van der Waals surface area contributed by atoms with Crippen molar-refractivity contribution in [1.82, 2.24) is 5.32 Å². The zero-order valence-corrected chi connectivity index (χ0v) is 20.6. The minimum Gasteiger partial charge on any atom is -0.393 e. The number of carbonyl (C=O) groups excluding carboxylic acids is 2. The third-order valence-corrected chi connectivity index (χ3v) is 6.88. The SMILES string of the molecule is C/C(=C\C(=O)NCC(=O)c1cccc([N+](=O)[O-])c1)CC1OCC(CC2OC2C(C)C(C)O)C(O)C1O. The second kappa shape index (κ2) is 12.0. The molecule has 8 atom stereocenters. The molecule has 0 aromatic heterocycles. The van der Waals surface area contributed by atoms with E-state index in [9.17, 15) is 35.0 Å². The summed E-state index contributed by atoms with van der Waals surface area (Å²) < 4.78 is 11.4. The van der Waals surface area contributed by atoms with E-state index in [1.165, 1.54) is 24.3 Å². The highest BCUT2D eigenvalue weighted by atomic mass is 16.6. The number of hydrogen-bond acceptors (Lipinski definition) is 9. The summed E-state index contributed by atoms with van der Waals surface area (Å²) in [7, 11) is 0. The standard InChI is InChI=1S/C25H34N2O9/c1-13(8-22(30)26-11-19(29)16-5-4-6-18(9-16)27(33)34)7-20-24(32)23(31)17(12-35-20)10-21-25(36-21)14(2)15(3)28/h4-6,8-9,14-15,17,20-21,23-25,28,31-32H,7,10-12H2,1-3H3,(H,26,30)/b13-8+. The van der Waals surface area contributed by atoms with Gasteiger partial charge in [-0.15, -0.1) is 0 Å². The van der Waals surface area contributed by atoms with Crippen LogP contribution in [0.15, 0.2) is 35.9 Å². The van der Waals surface area contributed by atoms with Crippen LogP contribution in [0.3, 0.4) is 0 Å². The number of amides is 1. The number of carbonyl (C=O) groups is 2. The third kappa shape index (κ3) is 7.17. The summed E-state index contributed by atoms with van der Waals surface area (Å²) in [5.74, 6) is -1.32. The number of ketones is 1. The van der Waals surface area contributed by atoms with Crippen molar-refractivity contribution in [1.29, 1.82) is 0 Å². The zero-order chi connectivity index (χ0) is 26.6. The molecule has 8 unspecified atom stereocenters. The number of nitrogens with zero attached hydrogens (tertiary/aromatic N) is 1. The van der Waals surface area contributed by atoms with Crippen molar-refractivity contribution in [2.75, 3.05) is 13.2 Å². The lowest BCUT2D eigenvalue weighted by Crippen LogP contribution is -2.50. The van der Waals surface area contributed by atoms with Gasteiger partial charge in [-0.1, -0.05) is 24.6 Å². The first kappa shape index (κ1) is 27.9. The summed E-state index contributed by atoms with van der Waals surface area (Å²) in [5, 5.41) is 44.2. The number of nitro groups is 1. The molecule has 2 aliphatic heterocycles. The Kier molecular flexibility index (Phi) is 9.31. The van der Waals surface area contributed by atoms with E-state index < -0.39 is 41.0 Å². The Bertz CT molecular complexity index is 995. The number of benzene rings is 1. The number of epoxide rings is 1. The van der Waals surface area contributed by atoms with Gasteiger partial charge in [-0.2, -0.15) is 0 Å². The molecule has 2 saturated heterocycles. The molecule has 0 bridgehead atoms. The van der Waals surface area contributed by atoms with Crippen molar-refractivity contribution in [3.8, 4) is 0 Å². The predicted octanol–water partition coefficient (Wildman–Crippen LogP) is 1.14. The number of aliphatic hydroxyl groups excluding tert-OH is 3. The van der Waals surface area contributed by atoms with Crippen molar-refractivity contribution in [2.24, 2.45) is 11.8 Å². The lowest BCUT2D eigenvalue weighted by Gasteiger charge is -2.38. The van der Waals surface area contributed by atoms with E-state index in [1.807, 2.05) is 6.92 Å². The molecule has 0 saturated carbocycles. The summed E-state index contributed by atoms with van der Waals surface area (Å²) in [5.41, 5.74) is 0.495. The minimum absolute atomic E-state index is 0.0187. The van der Waals surface area contributed by atoms with Gasteiger partial charge < -0.3 is 30.1 Å². The summed E-state index contributed by atoms with van der Waals surface area (Å²) in [6, 6.07) is 5.26. The number of non-ortho nitro benzene ring substituents is 1. The van der Waals surface area contributed by atoms with Crippen LogP contribution in [0.25, 0.3) is 0 Å². The van der Waals surface area contributed by atoms with Gasteiger partial charge >= 0.3 is 0 Å². The van der Waals surface area contributed by atoms with Gasteiger partial charge in [-0.25, -0.2) is 0 Å². The van der Waals surface area contributed by atoms with Crippen molar-refractivity contribution in [2.45, 2.75) is 70.2 Å². The molecular formula is C25H34N2O9. The Morgan fingerprint density at radius 1 is 1.25 bits per heavy atom. The van der Waals surface area contributed by atoms with Crippen molar-refractivity contribution in [3.63, 3.8) is 0 Å². The van der Waals surface area contributed by atoms with Crippen molar-refractivity contribution in [3.05, 3.63) is 51.6 Å². The summed E-state index contributed by atoms with van der Waals surface area (Å²) in [4.78, 5) is 34.7. The van der Waals surface area contributed by atoms with E-state index in [2.05, 4.69) is 5.32 Å². The number of hydrogen-bond donors (Lipinski definition) is 4. The molecule has 3 rings (SSSR count). The minimum atomic E-state index is -1.14. The zero-order valence-electron chi connectivity index (χ0n) is 20.6. The Hall–Kier alpha value is -2.70. The van der Waals surface area contributed by atoms with Crippen LogP contribution in [0.4, 0.5) is 5.69 Å². The fourth-order valence-corrected chi connectivity index (χ4v) is 4.43. The Balaban J connectivity index is 1.45. The van der Waals surface area contributed by atoms with Crippen LogP contribution < -0.4 is 5.32 Å². The fourth-order valence-electron chi connectivity index (χ4n) is 4.43. The third-order valence-electron chi connectivity index (χ3n) is 6.88. The van der Waals surface area contributed by atoms with E-state index in [0.29, 0.717) is 12.0 Å². The molecular weight excluding hydrogens is 472 g/mol. The number of ether oxygens (including phenoxy) is 2. The topological polar surface area (TPSA) is 172 Å². The average Bonchev–Trinajstić information content (AvgIpc) is 3.60. The van der Waals surface area contributed by atoms with Gasteiger partial charge in [0.1, 0.15) is 6.10 Å². The highest BCUT2D eigenvalue weighted by molar-refractivity contribution is 6.01. The van der Waals surface area contributed by atoms with Crippen LogP contribution in [0.1, 0.15) is 44.0 Å². The number of aliphatic hydroxyl groups is 3. The number of Topliss-reactive ketones (excluding diaryl/α,β-unsaturated/α-hetero) is 1. The largest absolute Gasteiger partial charge is 0.393 e. The number of nitro benzene ring substituents is 1. The highest BCUT2D eigenvalue weighted by Crippen LogP contribution is 2.38. The van der Waals surface area contributed by atoms with Crippen molar-refractivity contribution < 1.29 is 39.3 Å². The van der Waals surface area contributed by atoms with Gasteiger partial charge in [-0.3, -0.25) is 19.7 Å². The quantitative estimate of drug-likeness (QED) is 0.113. The lowest BCUT2D eigenvalue weighted by atomic mass is 9.85. The van der Waals surface area contributed by atoms with Gasteiger partial charge in [0.25, 0.3) is 5.69 Å². The van der Waals surface area contributed by atoms with Gasteiger partial charge in [0.2, 0.25) is 5.91 Å². The first-order chi connectivity index (χ1) is 17.0. The van der Waals surface area contributed by atoms with E-state index in [-0.39, 0.29) is 54.9 Å². The molecule has 2 heterocycles. The molecule has 2 aliphatic rings. The molecule has 0 aliphatic carbocycles. The molecule has 198 valence electrons. The summed E-state index contributed by atoms with van der Waals surface area (Å²) >= 11 is 0. The first-order valence-electron chi connectivity index (χ1n) is 12.0.